The average molecular weight is 449 g/mol. The van der Waals surface area contributed by atoms with Gasteiger partial charge in [0.25, 0.3) is 5.89 Å². The van der Waals surface area contributed by atoms with Gasteiger partial charge < -0.3 is 13.8 Å². The number of carbonyl (C=O) groups excluding carboxylic acids is 1. The van der Waals surface area contributed by atoms with Gasteiger partial charge in [0.2, 0.25) is 11.7 Å². The fourth-order valence-electron chi connectivity index (χ4n) is 3.86. The van der Waals surface area contributed by atoms with E-state index in [2.05, 4.69) is 27.2 Å². The number of piperazine rings is 1. The van der Waals surface area contributed by atoms with Crippen molar-refractivity contribution in [3.8, 4) is 22.2 Å². The highest BCUT2D eigenvalue weighted by Gasteiger charge is 2.21. The molecule has 1 aliphatic heterocycles. The fraction of sp³-hybridized carbons (Fsp3) is 0.292. The summed E-state index contributed by atoms with van der Waals surface area (Å²) in [6.45, 7) is 4.15. The van der Waals surface area contributed by atoms with Crippen LogP contribution in [-0.4, -0.2) is 52.0 Å². The van der Waals surface area contributed by atoms with Crippen LogP contribution in [0.1, 0.15) is 17.7 Å². The Morgan fingerprint density at radius 2 is 1.88 bits per heavy atom. The summed E-state index contributed by atoms with van der Waals surface area (Å²) in [5.41, 5.74) is 2.17. The van der Waals surface area contributed by atoms with Crippen molar-refractivity contribution >= 4 is 17.2 Å². The van der Waals surface area contributed by atoms with E-state index in [-0.39, 0.29) is 5.91 Å². The van der Waals surface area contributed by atoms with Crippen molar-refractivity contribution in [2.75, 3.05) is 26.2 Å². The van der Waals surface area contributed by atoms with Gasteiger partial charge in [0.15, 0.2) is 0 Å². The van der Waals surface area contributed by atoms with Crippen LogP contribution in [0.5, 0.6) is 0 Å². The lowest BCUT2D eigenvalue weighted by Crippen LogP contribution is -2.48. The predicted octanol–water partition coefficient (Wildman–Crippen LogP) is 4.34. The minimum atomic E-state index is 0.201. The molecule has 1 fully saturated rings. The van der Waals surface area contributed by atoms with E-state index in [0.29, 0.717) is 24.6 Å². The van der Waals surface area contributed by atoms with E-state index in [1.54, 1.807) is 17.6 Å². The van der Waals surface area contributed by atoms with Gasteiger partial charge in [-0.2, -0.15) is 4.98 Å². The highest BCUT2D eigenvalue weighted by atomic mass is 32.1. The molecule has 32 heavy (non-hydrogen) atoms. The van der Waals surface area contributed by atoms with Gasteiger partial charge in [-0.05, 0) is 29.1 Å². The Morgan fingerprint density at radius 3 is 2.59 bits per heavy atom. The van der Waals surface area contributed by atoms with Gasteiger partial charge in [0.1, 0.15) is 5.76 Å². The minimum absolute atomic E-state index is 0.201. The number of aromatic nitrogens is 2. The van der Waals surface area contributed by atoms with E-state index in [1.807, 2.05) is 46.7 Å². The topological polar surface area (TPSA) is 75.6 Å². The van der Waals surface area contributed by atoms with E-state index >= 15 is 0 Å². The molecule has 1 amide bonds. The van der Waals surface area contributed by atoms with Crippen LogP contribution in [0.15, 0.2) is 69.1 Å². The summed E-state index contributed by atoms with van der Waals surface area (Å²) in [5.74, 6) is 2.22. The number of benzene rings is 1. The largest absolute Gasteiger partial charge is 0.469 e. The molecule has 0 radical (unpaired) electrons. The lowest BCUT2D eigenvalue weighted by molar-refractivity contribution is -0.133. The number of furan rings is 1. The highest BCUT2D eigenvalue weighted by Crippen LogP contribution is 2.26. The van der Waals surface area contributed by atoms with Gasteiger partial charge in [-0.15, -0.1) is 11.3 Å². The molecule has 1 saturated heterocycles. The number of carbonyl (C=O) groups is 1. The van der Waals surface area contributed by atoms with Gasteiger partial charge in [0.05, 0.1) is 11.1 Å². The molecular weight excluding hydrogens is 424 g/mol. The van der Waals surface area contributed by atoms with Crippen LogP contribution >= 0.6 is 11.3 Å². The maximum absolute atomic E-state index is 12.5. The molecule has 4 aromatic rings. The second kappa shape index (κ2) is 9.50. The van der Waals surface area contributed by atoms with Gasteiger partial charge in [-0.3, -0.25) is 9.69 Å². The van der Waals surface area contributed by atoms with Gasteiger partial charge >= 0.3 is 0 Å². The summed E-state index contributed by atoms with van der Waals surface area (Å²) in [5, 5.41) is 6.10. The second-order valence-electron chi connectivity index (χ2n) is 7.83. The van der Waals surface area contributed by atoms with Crippen LogP contribution in [0, 0.1) is 0 Å². The summed E-state index contributed by atoms with van der Waals surface area (Å²) in [6, 6.07) is 16.0. The zero-order valence-corrected chi connectivity index (χ0v) is 18.5. The molecule has 0 N–H and O–H groups in total. The Balaban J connectivity index is 1.11. The maximum Gasteiger partial charge on any atom is 0.268 e. The lowest BCUT2D eigenvalue weighted by atomic mass is 10.1. The first kappa shape index (κ1) is 20.7. The van der Waals surface area contributed by atoms with Crippen molar-refractivity contribution in [1.29, 1.82) is 0 Å². The number of hydrogen-bond acceptors (Lipinski definition) is 7. The summed E-state index contributed by atoms with van der Waals surface area (Å²) in [7, 11) is 0. The van der Waals surface area contributed by atoms with Crippen molar-refractivity contribution in [2.45, 2.75) is 19.4 Å². The third kappa shape index (κ3) is 4.81. The number of thiophene rings is 1. The van der Waals surface area contributed by atoms with Crippen LogP contribution < -0.4 is 0 Å². The Kier molecular flexibility index (Phi) is 6.13. The molecule has 164 valence electrons. The highest BCUT2D eigenvalue weighted by molar-refractivity contribution is 7.13. The normalized spacial score (nSPS) is 14.7. The zero-order valence-electron chi connectivity index (χ0n) is 17.6. The van der Waals surface area contributed by atoms with Crippen LogP contribution in [0.3, 0.4) is 0 Å². The van der Waals surface area contributed by atoms with E-state index in [1.165, 1.54) is 5.56 Å². The van der Waals surface area contributed by atoms with Crippen molar-refractivity contribution in [2.24, 2.45) is 0 Å². The van der Waals surface area contributed by atoms with Crippen LogP contribution in [0.2, 0.25) is 0 Å². The molecule has 0 unspecified atom stereocenters. The second-order valence-corrected chi connectivity index (χ2v) is 8.78. The average Bonchev–Trinajstić information content (AvgIpc) is 3.61. The summed E-state index contributed by atoms with van der Waals surface area (Å²) >= 11 is 1.58. The molecule has 4 heterocycles. The fourth-order valence-corrected chi connectivity index (χ4v) is 4.50. The first-order valence-corrected chi connectivity index (χ1v) is 11.6. The van der Waals surface area contributed by atoms with Crippen molar-refractivity contribution in [3.63, 3.8) is 0 Å². The standard InChI is InChI=1S/C24H24N4O3S/c29-22(10-9-20-3-1-15-30-20)28-13-11-27(12-14-28)17-18-5-7-19(8-6-18)23-25-24(31-26-23)21-4-2-16-32-21/h1-8,15-16H,9-14,17H2. The van der Waals surface area contributed by atoms with E-state index in [9.17, 15) is 4.79 Å². The van der Waals surface area contributed by atoms with Gasteiger partial charge in [-0.1, -0.05) is 35.5 Å². The first-order valence-electron chi connectivity index (χ1n) is 10.7. The SMILES string of the molecule is O=C(CCc1ccco1)N1CCN(Cc2ccc(-c3noc(-c4cccs4)n3)cc2)CC1. The molecule has 7 nitrogen and oxygen atoms in total. The van der Waals surface area contributed by atoms with E-state index in [0.717, 1.165) is 48.9 Å². The van der Waals surface area contributed by atoms with Gasteiger partial charge in [0, 0.05) is 51.1 Å². The molecule has 8 heteroatoms. The number of aryl methyl sites for hydroxylation is 1. The Labute approximate surface area is 190 Å². The molecule has 0 spiro atoms. The van der Waals surface area contributed by atoms with Crippen LogP contribution in [-0.2, 0) is 17.8 Å². The predicted molar refractivity (Wildman–Crippen MR) is 122 cm³/mol. The van der Waals surface area contributed by atoms with E-state index < -0.39 is 0 Å². The molecule has 1 aromatic carbocycles. The smallest absolute Gasteiger partial charge is 0.268 e. The van der Waals surface area contributed by atoms with Crippen LogP contribution in [0.25, 0.3) is 22.2 Å². The minimum Gasteiger partial charge on any atom is -0.469 e. The molecule has 5 rings (SSSR count). The zero-order chi connectivity index (χ0) is 21.8. The van der Waals surface area contributed by atoms with Crippen LogP contribution in [0.4, 0.5) is 0 Å². The molecule has 0 aliphatic carbocycles. The Morgan fingerprint density at radius 1 is 1.03 bits per heavy atom. The summed E-state index contributed by atoms with van der Waals surface area (Å²) < 4.78 is 10.7. The number of nitrogens with zero attached hydrogens (tertiary/aromatic N) is 4. The number of rotatable bonds is 7. The number of amides is 1. The summed E-state index contributed by atoms with van der Waals surface area (Å²) in [4.78, 5) is 22.3. The van der Waals surface area contributed by atoms with Crippen molar-refractivity contribution in [1.82, 2.24) is 19.9 Å². The molecular formula is C24H24N4O3S. The van der Waals surface area contributed by atoms with E-state index in [4.69, 9.17) is 8.94 Å². The molecule has 1 aliphatic rings. The third-order valence-electron chi connectivity index (χ3n) is 5.67. The maximum atomic E-state index is 12.5. The first-order chi connectivity index (χ1) is 15.7. The van der Waals surface area contributed by atoms with Gasteiger partial charge in [-0.25, -0.2) is 0 Å². The molecule has 0 atom stereocenters. The molecule has 3 aromatic heterocycles. The molecule has 0 bridgehead atoms. The van der Waals surface area contributed by atoms with Crippen molar-refractivity contribution < 1.29 is 13.7 Å². The lowest BCUT2D eigenvalue weighted by Gasteiger charge is -2.34. The Bertz CT molecular complexity index is 1130. The monoisotopic (exact) mass is 448 g/mol. The Hall–Kier alpha value is -3.23. The van der Waals surface area contributed by atoms with Crippen molar-refractivity contribution in [3.05, 3.63) is 71.5 Å². The molecule has 0 saturated carbocycles. The third-order valence-corrected chi connectivity index (χ3v) is 6.52. The summed E-state index contributed by atoms with van der Waals surface area (Å²) in [6.07, 6.45) is 2.81. The quantitative estimate of drug-likeness (QED) is 0.419. The number of hydrogen-bond donors (Lipinski definition) is 0.